The summed E-state index contributed by atoms with van der Waals surface area (Å²) in [6.45, 7) is 4.87. The number of benzene rings is 1. The van der Waals surface area contributed by atoms with Crippen molar-refractivity contribution in [3.63, 3.8) is 0 Å². The highest BCUT2D eigenvalue weighted by Crippen LogP contribution is 2.28. The lowest BCUT2D eigenvalue weighted by Gasteiger charge is -2.16. The van der Waals surface area contributed by atoms with Gasteiger partial charge in [0, 0.05) is 24.8 Å². The summed E-state index contributed by atoms with van der Waals surface area (Å²) in [5, 5.41) is 25.6. The van der Waals surface area contributed by atoms with Crippen LogP contribution in [-0.2, 0) is 17.9 Å². The number of carbonyl (C=O) groups excluding carboxylic acids is 1. The number of tetrazole rings is 1. The standard InChI is InChI=1S/C19H20N6O3/c1-11-14(4-5-15-16(11)10-28-19(15)27)17(26)9-20-7-13-3-6-18(21-8-13)25-23-12(2)22-24-25/h3-6,8,17,20,26H,7,9-10H2,1-2H3. The van der Waals surface area contributed by atoms with Crippen LogP contribution in [0.5, 0.6) is 0 Å². The van der Waals surface area contributed by atoms with Gasteiger partial charge in [0.2, 0.25) is 0 Å². The van der Waals surface area contributed by atoms with E-state index in [2.05, 4.69) is 25.7 Å². The normalized spacial score (nSPS) is 14.0. The molecule has 1 aromatic carbocycles. The van der Waals surface area contributed by atoms with Crippen LogP contribution in [0.3, 0.4) is 0 Å². The molecule has 0 radical (unpaired) electrons. The van der Waals surface area contributed by atoms with Crippen molar-refractivity contribution in [1.29, 1.82) is 0 Å². The number of ether oxygens (including phenoxy) is 1. The molecule has 0 bridgehead atoms. The molecule has 1 aliphatic heterocycles. The summed E-state index contributed by atoms with van der Waals surface area (Å²) in [5.41, 5.74) is 4.12. The van der Waals surface area contributed by atoms with E-state index in [1.165, 1.54) is 4.80 Å². The van der Waals surface area contributed by atoms with Crippen molar-refractivity contribution in [3.8, 4) is 5.82 Å². The topological polar surface area (TPSA) is 115 Å². The summed E-state index contributed by atoms with van der Waals surface area (Å²) >= 11 is 0. The molecule has 3 aromatic rings. The first-order valence-corrected chi connectivity index (χ1v) is 8.93. The lowest BCUT2D eigenvalue weighted by Crippen LogP contribution is -2.22. The van der Waals surface area contributed by atoms with Crippen molar-refractivity contribution >= 4 is 5.97 Å². The molecule has 3 heterocycles. The Morgan fingerprint density at radius 2 is 2.14 bits per heavy atom. The second-order valence-corrected chi connectivity index (χ2v) is 6.68. The second kappa shape index (κ2) is 7.45. The van der Waals surface area contributed by atoms with Crippen molar-refractivity contribution in [1.82, 2.24) is 30.5 Å². The van der Waals surface area contributed by atoms with Crippen LogP contribution in [0.25, 0.3) is 5.82 Å². The van der Waals surface area contributed by atoms with Gasteiger partial charge in [-0.05, 0) is 47.9 Å². The van der Waals surface area contributed by atoms with Crippen LogP contribution in [-0.4, -0.2) is 42.8 Å². The van der Waals surface area contributed by atoms with Crippen LogP contribution in [0.2, 0.25) is 0 Å². The fourth-order valence-corrected chi connectivity index (χ4v) is 3.21. The number of nitrogens with one attached hydrogen (secondary N) is 1. The molecular formula is C19H20N6O3. The molecule has 4 rings (SSSR count). The first kappa shape index (κ1) is 18.2. The van der Waals surface area contributed by atoms with Crippen LogP contribution in [0.15, 0.2) is 30.5 Å². The highest BCUT2D eigenvalue weighted by atomic mass is 16.5. The Labute approximate surface area is 161 Å². The average Bonchev–Trinajstić information content (AvgIpc) is 3.29. The number of fused-ring (bicyclic) bond motifs is 1. The van der Waals surface area contributed by atoms with Gasteiger partial charge in [0.15, 0.2) is 11.6 Å². The Bertz CT molecular complexity index is 1020. The number of esters is 1. The maximum Gasteiger partial charge on any atom is 0.338 e. The van der Waals surface area contributed by atoms with Crippen molar-refractivity contribution in [2.45, 2.75) is 33.1 Å². The average molecular weight is 380 g/mol. The van der Waals surface area contributed by atoms with Crippen LogP contribution in [0.4, 0.5) is 0 Å². The third-order valence-corrected chi connectivity index (χ3v) is 4.76. The predicted octanol–water partition coefficient (Wildman–Crippen LogP) is 1.17. The minimum absolute atomic E-state index is 0.270. The smallest absolute Gasteiger partial charge is 0.338 e. The zero-order chi connectivity index (χ0) is 19.7. The fourth-order valence-electron chi connectivity index (χ4n) is 3.21. The zero-order valence-corrected chi connectivity index (χ0v) is 15.6. The molecule has 0 fully saturated rings. The molecule has 0 amide bonds. The molecular weight excluding hydrogens is 360 g/mol. The summed E-state index contributed by atoms with van der Waals surface area (Å²) in [6.07, 6.45) is 1.05. The van der Waals surface area contributed by atoms with E-state index in [9.17, 15) is 9.90 Å². The van der Waals surface area contributed by atoms with Gasteiger partial charge in [-0.25, -0.2) is 9.78 Å². The fraction of sp³-hybridized carbons (Fsp3) is 0.316. The van der Waals surface area contributed by atoms with E-state index in [1.807, 2.05) is 19.1 Å². The molecule has 28 heavy (non-hydrogen) atoms. The lowest BCUT2D eigenvalue weighted by molar-refractivity contribution is 0.0535. The van der Waals surface area contributed by atoms with E-state index in [0.717, 1.165) is 22.3 Å². The monoisotopic (exact) mass is 380 g/mol. The van der Waals surface area contributed by atoms with Crippen molar-refractivity contribution < 1.29 is 14.6 Å². The molecule has 2 N–H and O–H groups in total. The van der Waals surface area contributed by atoms with E-state index in [0.29, 0.717) is 30.3 Å². The number of cyclic esters (lactones) is 1. The molecule has 0 aliphatic carbocycles. The Morgan fingerprint density at radius 3 is 2.86 bits per heavy atom. The zero-order valence-electron chi connectivity index (χ0n) is 15.6. The van der Waals surface area contributed by atoms with Gasteiger partial charge in [-0.2, -0.15) is 0 Å². The summed E-state index contributed by atoms with van der Waals surface area (Å²) < 4.78 is 5.06. The van der Waals surface area contributed by atoms with Gasteiger partial charge in [0.25, 0.3) is 0 Å². The molecule has 0 spiro atoms. The third kappa shape index (κ3) is 3.49. The van der Waals surface area contributed by atoms with Crippen LogP contribution in [0, 0.1) is 13.8 Å². The first-order valence-electron chi connectivity index (χ1n) is 8.93. The van der Waals surface area contributed by atoms with Gasteiger partial charge in [0.05, 0.1) is 11.7 Å². The molecule has 0 saturated heterocycles. The number of aliphatic hydroxyl groups excluding tert-OH is 1. The Balaban J connectivity index is 1.36. The van der Waals surface area contributed by atoms with Gasteiger partial charge < -0.3 is 15.2 Å². The number of hydrogen-bond donors (Lipinski definition) is 2. The Morgan fingerprint density at radius 1 is 1.29 bits per heavy atom. The number of hydrogen-bond acceptors (Lipinski definition) is 8. The summed E-state index contributed by atoms with van der Waals surface area (Å²) in [7, 11) is 0. The molecule has 9 heteroatoms. The van der Waals surface area contributed by atoms with Crippen molar-refractivity contribution in [2.75, 3.05) is 6.54 Å². The largest absolute Gasteiger partial charge is 0.457 e. The molecule has 9 nitrogen and oxygen atoms in total. The van der Waals surface area contributed by atoms with E-state index in [4.69, 9.17) is 4.74 Å². The SMILES string of the molecule is Cc1nnn(-c2ccc(CNCC(O)c3ccc4c(c3C)COC4=O)cn2)n1. The highest BCUT2D eigenvalue weighted by Gasteiger charge is 2.25. The van der Waals surface area contributed by atoms with Crippen LogP contribution < -0.4 is 5.32 Å². The van der Waals surface area contributed by atoms with Gasteiger partial charge in [-0.1, -0.05) is 12.1 Å². The number of pyridine rings is 1. The van der Waals surface area contributed by atoms with Crippen LogP contribution in [0.1, 0.15) is 44.5 Å². The number of aryl methyl sites for hydroxylation is 1. The van der Waals surface area contributed by atoms with Gasteiger partial charge in [0.1, 0.15) is 6.61 Å². The predicted molar refractivity (Wildman–Crippen MR) is 98.7 cm³/mol. The number of aromatic nitrogens is 5. The summed E-state index contributed by atoms with van der Waals surface area (Å²) in [6, 6.07) is 7.25. The minimum atomic E-state index is -0.685. The van der Waals surface area contributed by atoms with Crippen molar-refractivity contribution in [2.24, 2.45) is 0 Å². The molecule has 1 atom stereocenters. The van der Waals surface area contributed by atoms with Gasteiger partial charge in [-0.3, -0.25) is 0 Å². The molecule has 1 unspecified atom stereocenters. The number of carbonyl (C=O) groups is 1. The molecule has 0 saturated carbocycles. The third-order valence-electron chi connectivity index (χ3n) is 4.76. The number of nitrogens with zero attached hydrogens (tertiary/aromatic N) is 5. The highest BCUT2D eigenvalue weighted by molar-refractivity contribution is 5.93. The summed E-state index contributed by atoms with van der Waals surface area (Å²) in [5.74, 6) is 0.874. The molecule has 144 valence electrons. The van der Waals surface area contributed by atoms with Gasteiger partial charge >= 0.3 is 5.97 Å². The van der Waals surface area contributed by atoms with E-state index < -0.39 is 6.10 Å². The van der Waals surface area contributed by atoms with Crippen molar-refractivity contribution in [3.05, 3.63) is 64.1 Å². The minimum Gasteiger partial charge on any atom is -0.457 e. The Kier molecular flexibility index (Phi) is 4.84. The number of rotatable bonds is 6. The van der Waals surface area contributed by atoms with E-state index in [-0.39, 0.29) is 12.6 Å². The maximum atomic E-state index is 11.6. The second-order valence-electron chi connectivity index (χ2n) is 6.68. The Hall–Kier alpha value is -3.17. The lowest BCUT2D eigenvalue weighted by atomic mass is 9.95. The molecule has 1 aliphatic rings. The number of aliphatic hydroxyl groups is 1. The van der Waals surface area contributed by atoms with Crippen LogP contribution >= 0.6 is 0 Å². The first-order chi connectivity index (χ1) is 13.5. The van der Waals surface area contributed by atoms with E-state index in [1.54, 1.807) is 25.3 Å². The van der Waals surface area contributed by atoms with Gasteiger partial charge in [-0.15, -0.1) is 15.0 Å². The molecule has 2 aromatic heterocycles. The maximum absolute atomic E-state index is 11.6. The quantitative estimate of drug-likeness (QED) is 0.613. The van der Waals surface area contributed by atoms with E-state index >= 15 is 0 Å². The summed E-state index contributed by atoms with van der Waals surface area (Å²) in [4.78, 5) is 17.3.